The minimum atomic E-state index is 0. The molecule has 0 radical (unpaired) electrons. The summed E-state index contributed by atoms with van der Waals surface area (Å²) in [6, 6.07) is 14.2. The van der Waals surface area contributed by atoms with Crippen LogP contribution in [0, 0.1) is 0 Å². The van der Waals surface area contributed by atoms with Gasteiger partial charge >= 0.3 is 0 Å². The molecule has 0 aliphatic heterocycles. The summed E-state index contributed by atoms with van der Waals surface area (Å²) in [6.07, 6.45) is 7.92. The molecular formula is C21H26Cl3NO. The molecule has 0 bridgehead atoms. The molecule has 3 rings (SSSR count). The zero-order valence-corrected chi connectivity index (χ0v) is 17.2. The minimum Gasteiger partial charge on any atom is -0.489 e. The Balaban J connectivity index is 0.00000243. The average Bonchev–Trinajstić information content (AvgIpc) is 2.89. The second-order valence-corrected chi connectivity index (χ2v) is 7.61. The third kappa shape index (κ3) is 6.66. The Morgan fingerprint density at radius 1 is 0.885 bits per heavy atom. The van der Waals surface area contributed by atoms with Gasteiger partial charge in [0.1, 0.15) is 12.4 Å². The average molecular weight is 415 g/mol. The van der Waals surface area contributed by atoms with Gasteiger partial charge in [-0.3, -0.25) is 0 Å². The van der Waals surface area contributed by atoms with Crippen LogP contribution in [0.1, 0.15) is 49.7 Å². The van der Waals surface area contributed by atoms with E-state index in [2.05, 4.69) is 5.32 Å². The normalized spacial score (nSPS) is 15.2. The number of nitrogens with one attached hydrogen (secondary N) is 1. The van der Waals surface area contributed by atoms with E-state index in [1.165, 1.54) is 38.5 Å². The van der Waals surface area contributed by atoms with Crippen molar-refractivity contribution in [2.24, 2.45) is 0 Å². The topological polar surface area (TPSA) is 21.3 Å². The van der Waals surface area contributed by atoms with Gasteiger partial charge in [0, 0.05) is 28.2 Å². The maximum Gasteiger partial charge on any atom is 0.124 e. The van der Waals surface area contributed by atoms with Crippen molar-refractivity contribution >= 4 is 35.6 Å². The van der Waals surface area contributed by atoms with Crippen LogP contribution in [0.3, 0.4) is 0 Å². The molecule has 5 heteroatoms. The Hall–Kier alpha value is -0.930. The molecule has 1 fully saturated rings. The summed E-state index contributed by atoms with van der Waals surface area (Å²) in [5.41, 5.74) is 2.22. The lowest BCUT2D eigenvalue weighted by Crippen LogP contribution is -2.28. The second-order valence-electron chi connectivity index (χ2n) is 6.74. The van der Waals surface area contributed by atoms with Gasteiger partial charge in [0.25, 0.3) is 0 Å². The maximum absolute atomic E-state index is 6.20. The van der Waals surface area contributed by atoms with Gasteiger partial charge in [0.15, 0.2) is 0 Å². The zero-order chi connectivity index (χ0) is 17.5. The fourth-order valence-electron chi connectivity index (χ4n) is 3.31. The van der Waals surface area contributed by atoms with E-state index >= 15 is 0 Å². The van der Waals surface area contributed by atoms with Crippen molar-refractivity contribution < 1.29 is 4.74 Å². The standard InChI is InChI=1S/C21H25Cl2NO.ClH/c22-18-9-7-16(8-10-18)15-25-21-12-11-19(23)13-17(21)14-24-20-5-3-1-2-4-6-20;/h7-13,20,24H,1-6,14-15H2;1H. The van der Waals surface area contributed by atoms with Crippen molar-refractivity contribution in [2.45, 2.75) is 57.7 Å². The molecule has 0 aromatic heterocycles. The van der Waals surface area contributed by atoms with E-state index in [1.807, 2.05) is 42.5 Å². The van der Waals surface area contributed by atoms with Crippen LogP contribution in [0.4, 0.5) is 0 Å². The summed E-state index contributed by atoms with van der Waals surface area (Å²) in [4.78, 5) is 0. The Labute approximate surface area is 172 Å². The molecule has 0 heterocycles. The van der Waals surface area contributed by atoms with Gasteiger partial charge in [-0.15, -0.1) is 12.4 Å². The third-order valence-corrected chi connectivity index (χ3v) is 5.25. The summed E-state index contributed by atoms with van der Waals surface area (Å²) in [6.45, 7) is 1.32. The first-order chi connectivity index (χ1) is 12.2. The fraction of sp³-hybridized carbons (Fsp3) is 0.429. The van der Waals surface area contributed by atoms with Crippen LogP contribution in [0.5, 0.6) is 5.75 Å². The molecule has 26 heavy (non-hydrogen) atoms. The molecule has 0 amide bonds. The molecule has 0 unspecified atom stereocenters. The monoisotopic (exact) mass is 413 g/mol. The molecule has 2 nitrogen and oxygen atoms in total. The summed E-state index contributed by atoms with van der Waals surface area (Å²) >= 11 is 12.1. The number of hydrogen-bond acceptors (Lipinski definition) is 2. The number of benzene rings is 2. The lowest BCUT2D eigenvalue weighted by atomic mass is 10.1. The highest BCUT2D eigenvalue weighted by atomic mass is 35.5. The highest BCUT2D eigenvalue weighted by Crippen LogP contribution is 2.25. The first-order valence-electron chi connectivity index (χ1n) is 9.10. The fourth-order valence-corrected chi connectivity index (χ4v) is 3.63. The quantitative estimate of drug-likeness (QED) is 0.524. The molecule has 0 saturated heterocycles. The minimum absolute atomic E-state index is 0. The summed E-state index contributed by atoms with van der Waals surface area (Å²) < 4.78 is 6.04. The van der Waals surface area contributed by atoms with Crippen molar-refractivity contribution in [3.8, 4) is 5.75 Å². The molecule has 1 N–H and O–H groups in total. The Morgan fingerprint density at radius 3 is 2.23 bits per heavy atom. The van der Waals surface area contributed by atoms with Crippen molar-refractivity contribution in [1.82, 2.24) is 5.32 Å². The molecule has 1 aliphatic carbocycles. The van der Waals surface area contributed by atoms with Crippen LogP contribution in [0.15, 0.2) is 42.5 Å². The molecule has 142 valence electrons. The van der Waals surface area contributed by atoms with Crippen LogP contribution < -0.4 is 10.1 Å². The van der Waals surface area contributed by atoms with Crippen LogP contribution in [0.2, 0.25) is 10.0 Å². The third-order valence-electron chi connectivity index (χ3n) is 4.77. The van der Waals surface area contributed by atoms with Gasteiger partial charge in [-0.05, 0) is 48.7 Å². The maximum atomic E-state index is 6.20. The lowest BCUT2D eigenvalue weighted by molar-refractivity contribution is 0.301. The molecule has 1 saturated carbocycles. The van der Waals surface area contributed by atoms with E-state index in [0.717, 1.165) is 33.5 Å². The molecule has 2 aromatic rings. The molecule has 2 aromatic carbocycles. The predicted octanol–water partition coefficient (Wildman–Crippen LogP) is 6.81. The largest absolute Gasteiger partial charge is 0.489 e. The van der Waals surface area contributed by atoms with E-state index in [1.54, 1.807) is 0 Å². The van der Waals surface area contributed by atoms with Crippen LogP contribution in [-0.2, 0) is 13.2 Å². The summed E-state index contributed by atoms with van der Waals surface area (Å²) in [5.74, 6) is 0.889. The molecule has 0 atom stereocenters. The SMILES string of the molecule is Cl.Clc1ccc(COc2ccc(Cl)cc2CNC2CCCCCC2)cc1. The smallest absolute Gasteiger partial charge is 0.124 e. The Kier molecular flexibility index (Phi) is 9.07. The van der Waals surface area contributed by atoms with Gasteiger partial charge in [-0.2, -0.15) is 0 Å². The van der Waals surface area contributed by atoms with Crippen LogP contribution in [-0.4, -0.2) is 6.04 Å². The summed E-state index contributed by atoms with van der Waals surface area (Å²) in [5, 5.41) is 5.18. The number of halogens is 3. The van der Waals surface area contributed by atoms with E-state index in [9.17, 15) is 0 Å². The summed E-state index contributed by atoms with van der Waals surface area (Å²) in [7, 11) is 0. The predicted molar refractivity (Wildman–Crippen MR) is 113 cm³/mol. The lowest BCUT2D eigenvalue weighted by Gasteiger charge is -2.18. The highest BCUT2D eigenvalue weighted by Gasteiger charge is 2.13. The van der Waals surface area contributed by atoms with Crippen LogP contribution >= 0.6 is 35.6 Å². The van der Waals surface area contributed by atoms with Gasteiger partial charge in [0.2, 0.25) is 0 Å². The highest BCUT2D eigenvalue weighted by molar-refractivity contribution is 6.30. The Morgan fingerprint density at radius 2 is 1.54 bits per heavy atom. The first-order valence-corrected chi connectivity index (χ1v) is 9.85. The molecular weight excluding hydrogens is 389 g/mol. The van der Waals surface area contributed by atoms with Gasteiger partial charge in [0.05, 0.1) is 0 Å². The van der Waals surface area contributed by atoms with Crippen molar-refractivity contribution in [3.63, 3.8) is 0 Å². The zero-order valence-electron chi connectivity index (χ0n) is 14.8. The Bertz CT molecular complexity index is 667. The number of rotatable bonds is 6. The van der Waals surface area contributed by atoms with Crippen molar-refractivity contribution in [1.29, 1.82) is 0 Å². The van der Waals surface area contributed by atoms with Crippen molar-refractivity contribution in [2.75, 3.05) is 0 Å². The van der Waals surface area contributed by atoms with Gasteiger partial charge in [-0.25, -0.2) is 0 Å². The van der Waals surface area contributed by atoms with Crippen molar-refractivity contribution in [3.05, 3.63) is 63.6 Å². The van der Waals surface area contributed by atoms with Gasteiger partial charge in [-0.1, -0.05) is 61.0 Å². The number of ether oxygens (including phenoxy) is 1. The van der Waals surface area contributed by atoms with E-state index < -0.39 is 0 Å². The first kappa shape index (κ1) is 21.4. The molecule has 1 aliphatic rings. The van der Waals surface area contributed by atoms with E-state index in [4.69, 9.17) is 27.9 Å². The second kappa shape index (κ2) is 11.0. The van der Waals surface area contributed by atoms with E-state index in [0.29, 0.717) is 12.6 Å². The van der Waals surface area contributed by atoms with Gasteiger partial charge < -0.3 is 10.1 Å². The molecule has 0 spiro atoms. The van der Waals surface area contributed by atoms with E-state index in [-0.39, 0.29) is 12.4 Å². The number of hydrogen-bond donors (Lipinski definition) is 1. The van der Waals surface area contributed by atoms with Crippen LogP contribution in [0.25, 0.3) is 0 Å².